The smallest absolute Gasteiger partial charge is 0.334 e. The molecule has 3 heteroatoms. The van der Waals surface area contributed by atoms with Gasteiger partial charge in [0.2, 0.25) is 0 Å². The zero-order chi connectivity index (χ0) is 12.7. The Balaban J connectivity index is 2.33. The summed E-state index contributed by atoms with van der Waals surface area (Å²) in [5.74, 6) is -0.550. The van der Waals surface area contributed by atoms with Gasteiger partial charge in [0.1, 0.15) is 0 Å². The van der Waals surface area contributed by atoms with Crippen LogP contribution in [0.3, 0.4) is 0 Å². The van der Waals surface area contributed by atoms with E-state index in [4.69, 9.17) is 0 Å². The van der Waals surface area contributed by atoms with Gasteiger partial charge in [0.05, 0.1) is 7.11 Å². The maximum absolute atomic E-state index is 11.0. The summed E-state index contributed by atoms with van der Waals surface area (Å²) in [6.07, 6.45) is 2.15. The van der Waals surface area contributed by atoms with Crippen molar-refractivity contribution in [1.82, 2.24) is 0 Å². The zero-order valence-electron chi connectivity index (χ0n) is 10.5. The fourth-order valence-corrected chi connectivity index (χ4v) is 1.70. The minimum absolute atomic E-state index is 0.447. The second kappa shape index (κ2) is 7.07. The van der Waals surface area contributed by atoms with Crippen molar-refractivity contribution in [2.45, 2.75) is 38.7 Å². The van der Waals surface area contributed by atoms with Gasteiger partial charge in [-0.2, -0.15) is 0 Å². The van der Waals surface area contributed by atoms with Crippen LogP contribution >= 0.6 is 0 Å². The summed E-state index contributed by atoms with van der Waals surface area (Å²) in [7, 11) is 1.29. The zero-order valence-corrected chi connectivity index (χ0v) is 10.5. The van der Waals surface area contributed by atoms with Crippen molar-refractivity contribution in [2.75, 3.05) is 7.11 Å². The molecule has 0 aromatic heterocycles. The number of hydrogen-bond donors (Lipinski definition) is 1. The predicted molar refractivity (Wildman–Crippen MR) is 66.8 cm³/mol. The first-order valence-electron chi connectivity index (χ1n) is 6.01. The van der Waals surface area contributed by atoms with Gasteiger partial charge in [-0.05, 0) is 36.8 Å². The highest BCUT2D eigenvalue weighted by atomic mass is 16.5. The predicted octanol–water partition coefficient (Wildman–Crippen LogP) is 2.11. The first kappa shape index (κ1) is 13.7. The highest BCUT2D eigenvalue weighted by Gasteiger charge is 2.14. The average molecular weight is 236 g/mol. The number of rotatable bonds is 6. The third-order valence-corrected chi connectivity index (χ3v) is 2.85. The molecule has 0 heterocycles. The lowest BCUT2D eigenvalue weighted by Crippen LogP contribution is -2.21. The fraction of sp³-hybridized carbons (Fsp3) is 0.500. The van der Waals surface area contributed by atoms with Crippen LogP contribution in [0.25, 0.3) is 0 Å². The first-order valence-corrected chi connectivity index (χ1v) is 6.01. The van der Waals surface area contributed by atoms with Crippen LogP contribution in [0.4, 0.5) is 0 Å². The van der Waals surface area contributed by atoms with E-state index in [-0.39, 0.29) is 0 Å². The van der Waals surface area contributed by atoms with Gasteiger partial charge in [0.15, 0.2) is 6.10 Å². The van der Waals surface area contributed by atoms with Crippen molar-refractivity contribution in [3.05, 3.63) is 35.4 Å². The third-order valence-electron chi connectivity index (χ3n) is 2.85. The van der Waals surface area contributed by atoms with Crippen LogP contribution < -0.4 is 0 Å². The first-order chi connectivity index (χ1) is 8.17. The molecule has 3 nitrogen and oxygen atoms in total. The Bertz CT molecular complexity index is 343. The highest BCUT2D eigenvalue weighted by molar-refractivity contribution is 5.74. The number of hydrogen-bond acceptors (Lipinski definition) is 3. The van der Waals surface area contributed by atoms with Crippen LogP contribution in [0.2, 0.25) is 0 Å². The van der Waals surface area contributed by atoms with Crippen molar-refractivity contribution < 1.29 is 14.6 Å². The molecular weight excluding hydrogens is 216 g/mol. The maximum Gasteiger partial charge on any atom is 0.334 e. The number of carbonyl (C=O) groups excluding carboxylic acids is 1. The van der Waals surface area contributed by atoms with Gasteiger partial charge in [-0.3, -0.25) is 0 Å². The van der Waals surface area contributed by atoms with Gasteiger partial charge < -0.3 is 9.84 Å². The summed E-state index contributed by atoms with van der Waals surface area (Å²) in [6.45, 7) is 2.13. The van der Waals surface area contributed by atoms with Crippen LogP contribution in [0.1, 0.15) is 30.9 Å². The molecule has 1 atom stereocenters. The van der Waals surface area contributed by atoms with Gasteiger partial charge in [-0.15, -0.1) is 0 Å². The molecule has 0 fully saturated rings. The fourth-order valence-electron chi connectivity index (χ4n) is 1.70. The Morgan fingerprint density at radius 2 is 1.88 bits per heavy atom. The molecule has 0 saturated heterocycles. The molecule has 0 aliphatic heterocycles. The Labute approximate surface area is 102 Å². The summed E-state index contributed by atoms with van der Waals surface area (Å²) in [4.78, 5) is 11.0. The van der Waals surface area contributed by atoms with Crippen LogP contribution in [0.5, 0.6) is 0 Å². The SMILES string of the molecule is CCc1ccc(CCCC(O)C(=O)OC)cc1. The van der Waals surface area contributed by atoms with Gasteiger partial charge >= 0.3 is 5.97 Å². The average Bonchev–Trinajstić information content (AvgIpc) is 2.38. The molecule has 0 aliphatic carbocycles. The summed E-state index contributed by atoms with van der Waals surface area (Å²) < 4.78 is 4.46. The number of benzene rings is 1. The van der Waals surface area contributed by atoms with E-state index in [9.17, 15) is 9.90 Å². The molecule has 0 spiro atoms. The number of carbonyl (C=O) groups is 1. The highest BCUT2D eigenvalue weighted by Crippen LogP contribution is 2.10. The molecule has 1 N–H and O–H groups in total. The summed E-state index contributed by atoms with van der Waals surface area (Å²) in [6, 6.07) is 8.44. The normalized spacial score (nSPS) is 12.2. The van der Waals surface area contributed by atoms with E-state index < -0.39 is 12.1 Å². The molecule has 0 bridgehead atoms. The third kappa shape index (κ3) is 4.57. The van der Waals surface area contributed by atoms with Crippen molar-refractivity contribution in [3.8, 4) is 0 Å². The molecular formula is C14H20O3. The van der Waals surface area contributed by atoms with Crippen LogP contribution in [0, 0.1) is 0 Å². The van der Waals surface area contributed by atoms with Gasteiger partial charge in [-0.1, -0.05) is 31.2 Å². The van der Waals surface area contributed by atoms with E-state index in [1.807, 2.05) is 0 Å². The lowest BCUT2D eigenvalue weighted by Gasteiger charge is -2.08. The number of aryl methyl sites for hydroxylation is 2. The lowest BCUT2D eigenvalue weighted by molar-refractivity contribution is -0.150. The number of methoxy groups -OCH3 is 1. The number of aliphatic hydroxyl groups is 1. The lowest BCUT2D eigenvalue weighted by atomic mass is 10.0. The molecule has 1 unspecified atom stereocenters. The van der Waals surface area contributed by atoms with E-state index in [1.54, 1.807) is 0 Å². The maximum atomic E-state index is 11.0. The summed E-state index contributed by atoms with van der Waals surface area (Å²) in [5, 5.41) is 9.40. The Morgan fingerprint density at radius 3 is 2.41 bits per heavy atom. The molecule has 0 aliphatic rings. The monoisotopic (exact) mass is 236 g/mol. The Hall–Kier alpha value is -1.35. The molecule has 0 saturated carbocycles. The molecule has 94 valence electrons. The van der Waals surface area contributed by atoms with Crippen LogP contribution in [-0.2, 0) is 22.4 Å². The van der Waals surface area contributed by atoms with Gasteiger partial charge in [-0.25, -0.2) is 4.79 Å². The largest absolute Gasteiger partial charge is 0.467 e. The van der Waals surface area contributed by atoms with E-state index in [2.05, 4.69) is 35.9 Å². The van der Waals surface area contributed by atoms with Gasteiger partial charge in [0, 0.05) is 0 Å². The van der Waals surface area contributed by atoms with Crippen LogP contribution in [-0.4, -0.2) is 24.3 Å². The number of aliphatic hydroxyl groups excluding tert-OH is 1. The molecule has 1 aromatic carbocycles. The van der Waals surface area contributed by atoms with E-state index in [0.29, 0.717) is 6.42 Å². The second-order valence-corrected chi connectivity index (χ2v) is 4.10. The second-order valence-electron chi connectivity index (χ2n) is 4.10. The minimum Gasteiger partial charge on any atom is -0.467 e. The Morgan fingerprint density at radius 1 is 1.29 bits per heavy atom. The molecule has 0 radical (unpaired) electrons. The van der Waals surface area contributed by atoms with E-state index >= 15 is 0 Å². The minimum atomic E-state index is -0.991. The van der Waals surface area contributed by atoms with Crippen molar-refractivity contribution in [3.63, 3.8) is 0 Å². The van der Waals surface area contributed by atoms with Crippen LogP contribution in [0.15, 0.2) is 24.3 Å². The quantitative estimate of drug-likeness (QED) is 0.769. The molecule has 0 amide bonds. The van der Waals surface area contributed by atoms with Crippen molar-refractivity contribution >= 4 is 5.97 Å². The molecule has 17 heavy (non-hydrogen) atoms. The molecule has 1 rings (SSSR count). The van der Waals surface area contributed by atoms with Crippen molar-refractivity contribution in [1.29, 1.82) is 0 Å². The molecule has 1 aromatic rings. The van der Waals surface area contributed by atoms with E-state index in [0.717, 1.165) is 19.3 Å². The van der Waals surface area contributed by atoms with Crippen molar-refractivity contribution in [2.24, 2.45) is 0 Å². The Kier molecular flexibility index (Phi) is 5.70. The number of esters is 1. The summed E-state index contributed by atoms with van der Waals surface area (Å²) >= 11 is 0. The standard InChI is InChI=1S/C14H20O3/c1-3-11-7-9-12(10-8-11)5-4-6-13(15)14(16)17-2/h7-10,13,15H,3-6H2,1-2H3. The van der Waals surface area contributed by atoms with E-state index in [1.165, 1.54) is 18.2 Å². The van der Waals surface area contributed by atoms with Gasteiger partial charge in [0.25, 0.3) is 0 Å². The summed E-state index contributed by atoms with van der Waals surface area (Å²) in [5.41, 5.74) is 2.56. The topological polar surface area (TPSA) is 46.5 Å². The number of ether oxygens (including phenoxy) is 1.